The Bertz CT molecular complexity index is 931. The number of hydrogen-bond donors (Lipinski definition) is 1. The predicted octanol–water partition coefficient (Wildman–Crippen LogP) is 2.45. The molecule has 0 radical (unpaired) electrons. The van der Waals surface area contributed by atoms with Crippen molar-refractivity contribution in [2.75, 3.05) is 31.8 Å². The Morgan fingerprint density at radius 1 is 1.33 bits per heavy atom. The van der Waals surface area contributed by atoms with Crippen molar-refractivity contribution < 1.29 is 23.8 Å². The molecule has 3 heterocycles. The summed E-state index contributed by atoms with van der Waals surface area (Å²) in [5.74, 6) is 0.608. The molecule has 30 heavy (non-hydrogen) atoms. The summed E-state index contributed by atoms with van der Waals surface area (Å²) in [5.41, 5.74) is 1.07. The average Bonchev–Trinajstić information content (AvgIpc) is 3.39. The number of carbonyl (C=O) groups is 2. The molecule has 9 heteroatoms. The van der Waals surface area contributed by atoms with Crippen molar-refractivity contribution in [1.29, 1.82) is 0 Å². The van der Waals surface area contributed by atoms with Crippen LogP contribution in [0.1, 0.15) is 23.2 Å². The standard InChI is InChI=1S/C21H22ClN3O5/c1-28-16-4-2-15(3-5-16)25-11-14(9-19(25)26)24-20(27)13-8-18(22)21(23-10-13)30-17-6-7-29-12-17/h2-5,8,10,14,17H,6-7,9,11-12H2,1H3,(H,24,27). The zero-order valence-corrected chi connectivity index (χ0v) is 17.2. The number of anilines is 1. The van der Waals surface area contributed by atoms with Gasteiger partial charge in [-0.2, -0.15) is 0 Å². The number of ether oxygens (including phenoxy) is 3. The fraction of sp³-hybridized carbons (Fsp3) is 0.381. The second kappa shape index (κ2) is 8.89. The summed E-state index contributed by atoms with van der Waals surface area (Å²) < 4.78 is 16.1. The van der Waals surface area contributed by atoms with Gasteiger partial charge in [0.25, 0.3) is 5.91 Å². The van der Waals surface area contributed by atoms with Gasteiger partial charge in [-0.15, -0.1) is 0 Å². The smallest absolute Gasteiger partial charge is 0.253 e. The Labute approximate surface area is 179 Å². The molecule has 2 aliphatic rings. The van der Waals surface area contributed by atoms with Gasteiger partial charge < -0.3 is 24.4 Å². The Balaban J connectivity index is 1.37. The highest BCUT2D eigenvalue weighted by Gasteiger charge is 2.32. The van der Waals surface area contributed by atoms with Gasteiger partial charge in [0.05, 0.1) is 31.9 Å². The number of halogens is 1. The van der Waals surface area contributed by atoms with Gasteiger partial charge in [-0.25, -0.2) is 4.98 Å². The topological polar surface area (TPSA) is 90.0 Å². The highest BCUT2D eigenvalue weighted by molar-refractivity contribution is 6.32. The zero-order valence-electron chi connectivity index (χ0n) is 16.5. The first-order valence-corrected chi connectivity index (χ1v) is 10.1. The normalized spacial score (nSPS) is 21.0. The van der Waals surface area contributed by atoms with E-state index in [1.165, 1.54) is 12.3 Å². The third-order valence-corrected chi connectivity index (χ3v) is 5.35. The zero-order chi connectivity index (χ0) is 21.1. The van der Waals surface area contributed by atoms with Crippen molar-refractivity contribution in [3.8, 4) is 11.6 Å². The lowest BCUT2D eigenvalue weighted by Gasteiger charge is -2.18. The molecule has 1 aromatic carbocycles. The minimum absolute atomic E-state index is 0.0517. The van der Waals surface area contributed by atoms with Crippen LogP contribution in [0.5, 0.6) is 11.6 Å². The predicted molar refractivity (Wildman–Crippen MR) is 110 cm³/mol. The van der Waals surface area contributed by atoms with E-state index in [0.717, 1.165) is 12.1 Å². The molecule has 158 valence electrons. The molecule has 2 amide bonds. The van der Waals surface area contributed by atoms with Crippen molar-refractivity contribution >= 4 is 29.1 Å². The number of pyridine rings is 1. The summed E-state index contributed by atoms with van der Waals surface area (Å²) >= 11 is 6.24. The van der Waals surface area contributed by atoms with Crippen LogP contribution in [0.15, 0.2) is 36.5 Å². The van der Waals surface area contributed by atoms with Gasteiger partial charge in [-0.05, 0) is 30.3 Å². The summed E-state index contributed by atoms with van der Waals surface area (Å²) in [6.45, 7) is 1.54. The van der Waals surface area contributed by atoms with Crippen LogP contribution in [0.2, 0.25) is 5.02 Å². The lowest BCUT2D eigenvalue weighted by Crippen LogP contribution is -2.37. The molecule has 0 saturated carbocycles. The maximum absolute atomic E-state index is 12.6. The third kappa shape index (κ3) is 4.49. The largest absolute Gasteiger partial charge is 0.497 e. The molecular weight excluding hydrogens is 410 g/mol. The number of amides is 2. The van der Waals surface area contributed by atoms with Crippen LogP contribution in [-0.2, 0) is 9.53 Å². The highest BCUT2D eigenvalue weighted by Crippen LogP contribution is 2.26. The van der Waals surface area contributed by atoms with Gasteiger partial charge in [0, 0.05) is 31.3 Å². The van der Waals surface area contributed by atoms with E-state index < -0.39 is 0 Å². The second-order valence-corrected chi connectivity index (χ2v) is 7.60. The molecule has 8 nitrogen and oxygen atoms in total. The number of benzene rings is 1. The van der Waals surface area contributed by atoms with Crippen molar-refractivity contribution in [3.05, 3.63) is 47.1 Å². The number of carbonyl (C=O) groups excluding carboxylic acids is 2. The molecule has 0 aliphatic carbocycles. The van der Waals surface area contributed by atoms with Gasteiger partial charge in [-0.3, -0.25) is 9.59 Å². The second-order valence-electron chi connectivity index (χ2n) is 7.19. The molecule has 2 atom stereocenters. The Kier molecular flexibility index (Phi) is 6.06. The van der Waals surface area contributed by atoms with Crippen LogP contribution in [0.3, 0.4) is 0 Å². The van der Waals surface area contributed by atoms with Crippen LogP contribution in [0.4, 0.5) is 5.69 Å². The number of hydrogen-bond acceptors (Lipinski definition) is 6. The lowest BCUT2D eigenvalue weighted by atomic mass is 10.2. The Hall–Kier alpha value is -2.84. The van der Waals surface area contributed by atoms with Crippen LogP contribution in [0.25, 0.3) is 0 Å². The van der Waals surface area contributed by atoms with Crippen molar-refractivity contribution in [1.82, 2.24) is 10.3 Å². The van der Waals surface area contributed by atoms with E-state index in [9.17, 15) is 9.59 Å². The van der Waals surface area contributed by atoms with Gasteiger partial charge in [0.15, 0.2) is 0 Å². The molecule has 1 aromatic heterocycles. The first-order valence-electron chi connectivity index (χ1n) is 9.68. The number of methoxy groups -OCH3 is 1. The average molecular weight is 432 g/mol. The van der Waals surface area contributed by atoms with E-state index in [1.807, 2.05) is 12.1 Å². The van der Waals surface area contributed by atoms with Crippen LogP contribution in [-0.4, -0.2) is 55.8 Å². The highest BCUT2D eigenvalue weighted by atomic mass is 35.5. The van der Waals surface area contributed by atoms with Crippen molar-refractivity contribution in [2.24, 2.45) is 0 Å². The molecule has 2 aliphatic heterocycles. The summed E-state index contributed by atoms with van der Waals surface area (Å²) in [7, 11) is 1.59. The molecule has 2 fully saturated rings. The van der Waals surface area contributed by atoms with Gasteiger partial charge in [0.2, 0.25) is 11.8 Å². The van der Waals surface area contributed by atoms with Gasteiger partial charge >= 0.3 is 0 Å². The minimum atomic E-state index is -0.338. The lowest BCUT2D eigenvalue weighted by molar-refractivity contribution is -0.117. The van der Waals surface area contributed by atoms with Crippen molar-refractivity contribution in [2.45, 2.75) is 25.0 Å². The van der Waals surface area contributed by atoms with Crippen LogP contribution >= 0.6 is 11.6 Å². The summed E-state index contributed by atoms with van der Waals surface area (Å²) in [5, 5.41) is 3.14. The summed E-state index contributed by atoms with van der Waals surface area (Å²) in [6.07, 6.45) is 2.34. The fourth-order valence-corrected chi connectivity index (χ4v) is 3.70. The van der Waals surface area contributed by atoms with E-state index in [1.54, 1.807) is 24.1 Å². The first-order chi connectivity index (χ1) is 14.5. The molecule has 2 unspecified atom stereocenters. The number of aromatic nitrogens is 1. The quantitative estimate of drug-likeness (QED) is 0.755. The Morgan fingerprint density at radius 3 is 2.80 bits per heavy atom. The fourth-order valence-electron chi connectivity index (χ4n) is 3.48. The Morgan fingerprint density at radius 2 is 2.13 bits per heavy atom. The summed E-state index contributed by atoms with van der Waals surface area (Å²) in [4.78, 5) is 30.8. The van der Waals surface area contributed by atoms with Crippen LogP contribution in [0, 0.1) is 0 Å². The monoisotopic (exact) mass is 431 g/mol. The minimum Gasteiger partial charge on any atom is -0.497 e. The first kappa shape index (κ1) is 20.4. The van der Waals surface area contributed by atoms with Crippen LogP contribution < -0.4 is 19.7 Å². The molecule has 2 aromatic rings. The number of rotatable bonds is 6. The molecular formula is C21H22ClN3O5. The molecule has 0 bridgehead atoms. The number of nitrogens with zero attached hydrogens (tertiary/aromatic N) is 2. The van der Waals surface area contributed by atoms with E-state index in [-0.39, 0.29) is 41.3 Å². The summed E-state index contributed by atoms with van der Waals surface area (Å²) in [6, 6.07) is 8.44. The molecule has 4 rings (SSSR count). The van der Waals surface area contributed by atoms with Gasteiger partial charge in [0.1, 0.15) is 16.9 Å². The SMILES string of the molecule is COc1ccc(N2CC(NC(=O)c3cnc(OC4CCOC4)c(Cl)c3)CC2=O)cc1. The number of nitrogens with one attached hydrogen (secondary N) is 1. The molecule has 2 saturated heterocycles. The van der Waals surface area contributed by atoms with E-state index in [4.69, 9.17) is 25.8 Å². The van der Waals surface area contributed by atoms with E-state index >= 15 is 0 Å². The molecule has 0 spiro atoms. The molecule has 1 N–H and O–H groups in total. The van der Waals surface area contributed by atoms with E-state index in [2.05, 4.69) is 10.3 Å². The third-order valence-electron chi connectivity index (χ3n) is 5.08. The maximum Gasteiger partial charge on any atom is 0.253 e. The maximum atomic E-state index is 12.6. The van der Waals surface area contributed by atoms with Crippen molar-refractivity contribution in [3.63, 3.8) is 0 Å². The van der Waals surface area contributed by atoms with Gasteiger partial charge in [-0.1, -0.05) is 11.6 Å². The van der Waals surface area contributed by atoms with E-state index in [0.29, 0.717) is 31.1 Å².